The molecule has 7 heteroatoms. The Balaban J connectivity index is 0.00000208. The lowest BCUT2D eigenvalue weighted by molar-refractivity contribution is 0.156. The fourth-order valence-corrected chi connectivity index (χ4v) is 4.36. The number of hydrogen-bond acceptors (Lipinski definition) is 4. The average Bonchev–Trinajstić information content (AvgIpc) is 3.27. The molecular formula is C17H29IN4OS. The molecule has 0 aliphatic carbocycles. The van der Waals surface area contributed by atoms with Gasteiger partial charge < -0.3 is 15.0 Å². The van der Waals surface area contributed by atoms with E-state index in [1.54, 1.807) is 11.3 Å². The molecule has 1 atom stereocenters. The fourth-order valence-electron chi connectivity index (χ4n) is 3.54. The Bertz CT molecular complexity index is 542. The van der Waals surface area contributed by atoms with Crippen molar-refractivity contribution in [3.8, 4) is 0 Å². The summed E-state index contributed by atoms with van der Waals surface area (Å²) in [7, 11) is 1.89. The minimum atomic E-state index is 0. The Kier molecular flexibility index (Phi) is 7.74. The second-order valence-electron chi connectivity index (χ2n) is 6.79. The van der Waals surface area contributed by atoms with Crippen molar-refractivity contribution in [1.82, 2.24) is 15.2 Å². The summed E-state index contributed by atoms with van der Waals surface area (Å²) in [5.41, 5.74) is 1.53. The number of aliphatic imine (C=N–C) groups is 1. The number of halogens is 1. The highest BCUT2D eigenvalue weighted by molar-refractivity contribution is 14.0. The second-order valence-corrected chi connectivity index (χ2v) is 7.73. The summed E-state index contributed by atoms with van der Waals surface area (Å²) in [6, 6.07) is 0. The lowest BCUT2D eigenvalue weighted by Crippen LogP contribution is -2.41. The van der Waals surface area contributed by atoms with Gasteiger partial charge in [-0.1, -0.05) is 0 Å². The molecule has 0 radical (unpaired) electrons. The summed E-state index contributed by atoms with van der Waals surface area (Å²) in [6.07, 6.45) is 5.85. The topological polar surface area (TPSA) is 49.8 Å². The third-order valence-electron chi connectivity index (χ3n) is 4.90. The number of aromatic nitrogens is 1. The van der Waals surface area contributed by atoms with Gasteiger partial charge in [-0.3, -0.25) is 4.99 Å². The number of guanidine groups is 1. The molecule has 3 heterocycles. The number of unbranched alkanes of at least 4 members (excludes halogenated alkanes) is 1. The van der Waals surface area contributed by atoms with E-state index in [9.17, 15) is 0 Å². The molecule has 2 aliphatic heterocycles. The minimum absolute atomic E-state index is 0. The van der Waals surface area contributed by atoms with Gasteiger partial charge in [-0.2, -0.15) is 0 Å². The maximum atomic E-state index is 5.61. The molecule has 1 aromatic rings. The molecule has 1 unspecified atom stereocenters. The quantitative estimate of drug-likeness (QED) is 0.315. The van der Waals surface area contributed by atoms with Crippen molar-refractivity contribution in [2.45, 2.75) is 39.0 Å². The van der Waals surface area contributed by atoms with Gasteiger partial charge in [0.25, 0.3) is 0 Å². The summed E-state index contributed by atoms with van der Waals surface area (Å²) in [5, 5.41) is 6.92. The first-order valence-corrected chi connectivity index (χ1v) is 9.53. The Morgan fingerprint density at radius 3 is 3.00 bits per heavy atom. The standard InChI is InChI=1S/C17H28N4OS.HI/c1-14-11-23-15(20-14)5-3-4-8-19-16(18-2)21-9-6-17(12-21)7-10-22-13-17;/h11H,3-10,12-13H2,1-2H3,(H,18,19);1H. The Morgan fingerprint density at radius 1 is 1.46 bits per heavy atom. The number of rotatable bonds is 5. The first kappa shape index (κ1) is 19.9. The number of likely N-dealkylation sites (tertiary alicyclic amines) is 1. The zero-order chi connectivity index (χ0) is 16.1. The zero-order valence-electron chi connectivity index (χ0n) is 14.7. The minimum Gasteiger partial charge on any atom is -0.381 e. The number of ether oxygens (including phenoxy) is 1. The van der Waals surface area contributed by atoms with Crippen LogP contribution in [0.5, 0.6) is 0 Å². The van der Waals surface area contributed by atoms with E-state index in [4.69, 9.17) is 4.74 Å². The summed E-state index contributed by atoms with van der Waals surface area (Å²) in [5.74, 6) is 1.05. The van der Waals surface area contributed by atoms with Gasteiger partial charge in [-0.05, 0) is 39.0 Å². The molecule has 0 aromatic carbocycles. The number of thiazole rings is 1. The van der Waals surface area contributed by atoms with Crippen molar-refractivity contribution in [3.63, 3.8) is 0 Å². The number of nitrogens with zero attached hydrogens (tertiary/aromatic N) is 3. The van der Waals surface area contributed by atoms with Crippen LogP contribution in [0.15, 0.2) is 10.4 Å². The number of nitrogens with one attached hydrogen (secondary N) is 1. The lowest BCUT2D eigenvalue weighted by Gasteiger charge is -2.24. The summed E-state index contributed by atoms with van der Waals surface area (Å²) in [4.78, 5) is 11.4. The molecule has 1 N–H and O–H groups in total. The van der Waals surface area contributed by atoms with E-state index < -0.39 is 0 Å². The van der Waals surface area contributed by atoms with Gasteiger partial charge >= 0.3 is 0 Å². The van der Waals surface area contributed by atoms with E-state index in [1.807, 2.05) is 7.05 Å². The van der Waals surface area contributed by atoms with Crippen molar-refractivity contribution in [1.29, 1.82) is 0 Å². The van der Waals surface area contributed by atoms with Crippen LogP contribution in [0.4, 0.5) is 0 Å². The predicted molar refractivity (Wildman–Crippen MR) is 111 cm³/mol. The van der Waals surface area contributed by atoms with Crippen molar-refractivity contribution < 1.29 is 4.74 Å². The Labute approximate surface area is 166 Å². The SMILES string of the molecule is CN=C(NCCCCc1nc(C)cs1)N1CCC2(CCOC2)C1.I. The van der Waals surface area contributed by atoms with Crippen LogP contribution in [-0.4, -0.2) is 55.7 Å². The van der Waals surface area contributed by atoms with Gasteiger partial charge in [-0.15, -0.1) is 35.3 Å². The van der Waals surface area contributed by atoms with Crippen LogP contribution in [0.25, 0.3) is 0 Å². The highest BCUT2D eigenvalue weighted by Crippen LogP contribution is 2.38. The molecule has 1 spiro atoms. The van der Waals surface area contributed by atoms with Crippen LogP contribution in [0.2, 0.25) is 0 Å². The Hall–Kier alpha value is -0.410. The van der Waals surface area contributed by atoms with E-state index in [1.165, 1.54) is 24.3 Å². The van der Waals surface area contributed by atoms with Crippen LogP contribution in [0.1, 0.15) is 36.4 Å². The van der Waals surface area contributed by atoms with Gasteiger partial charge in [0, 0.05) is 49.8 Å². The van der Waals surface area contributed by atoms with E-state index in [2.05, 4.69) is 32.5 Å². The third kappa shape index (κ3) is 5.05. The van der Waals surface area contributed by atoms with E-state index >= 15 is 0 Å². The second kappa shape index (κ2) is 9.33. The molecule has 24 heavy (non-hydrogen) atoms. The largest absolute Gasteiger partial charge is 0.381 e. The molecule has 3 rings (SSSR count). The van der Waals surface area contributed by atoms with E-state index in [-0.39, 0.29) is 24.0 Å². The molecule has 5 nitrogen and oxygen atoms in total. The Morgan fingerprint density at radius 2 is 2.33 bits per heavy atom. The predicted octanol–water partition coefficient (Wildman–Crippen LogP) is 3.08. The van der Waals surface area contributed by atoms with Crippen molar-refractivity contribution in [2.24, 2.45) is 10.4 Å². The van der Waals surface area contributed by atoms with Gasteiger partial charge in [0.15, 0.2) is 5.96 Å². The van der Waals surface area contributed by atoms with E-state index in [0.717, 1.165) is 57.3 Å². The molecule has 136 valence electrons. The molecule has 0 amide bonds. The van der Waals surface area contributed by atoms with Crippen LogP contribution in [-0.2, 0) is 11.2 Å². The molecule has 1 aromatic heterocycles. The van der Waals surface area contributed by atoms with Crippen molar-refractivity contribution >= 4 is 41.3 Å². The fraction of sp³-hybridized carbons (Fsp3) is 0.765. The van der Waals surface area contributed by atoms with Gasteiger partial charge in [0.1, 0.15) is 0 Å². The smallest absolute Gasteiger partial charge is 0.193 e. The van der Waals surface area contributed by atoms with Gasteiger partial charge in [-0.25, -0.2) is 4.98 Å². The van der Waals surface area contributed by atoms with Gasteiger partial charge in [0.2, 0.25) is 0 Å². The van der Waals surface area contributed by atoms with Crippen LogP contribution in [0.3, 0.4) is 0 Å². The summed E-state index contributed by atoms with van der Waals surface area (Å²) < 4.78 is 5.61. The first-order chi connectivity index (χ1) is 11.2. The zero-order valence-corrected chi connectivity index (χ0v) is 17.9. The maximum absolute atomic E-state index is 5.61. The monoisotopic (exact) mass is 464 g/mol. The maximum Gasteiger partial charge on any atom is 0.193 e. The highest BCUT2D eigenvalue weighted by Gasteiger charge is 2.42. The van der Waals surface area contributed by atoms with Gasteiger partial charge in [0.05, 0.1) is 11.6 Å². The highest BCUT2D eigenvalue weighted by atomic mass is 127. The van der Waals surface area contributed by atoms with Crippen LogP contribution >= 0.6 is 35.3 Å². The molecular weight excluding hydrogens is 435 g/mol. The van der Waals surface area contributed by atoms with Crippen molar-refractivity contribution in [2.75, 3.05) is 39.9 Å². The number of aryl methyl sites for hydroxylation is 2. The normalized spacial score (nSPS) is 23.8. The number of hydrogen-bond donors (Lipinski definition) is 1. The van der Waals surface area contributed by atoms with E-state index in [0.29, 0.717) is 5.41 Å². The molecule has 0 bridgehead atoms. The molecule has 2 fully saturated rings. The summed E-state index contributed by atoms with van der Waals surface area (Å²) >= 11 is 1.77. The first-order valence-electron chi connectivity index (χ1n) is 8.65. The lowest BCUT2D eigenvalue weighted by atomic mass is 9.87. The summed E-state index contributed by atoms with van der Waals surface area (Å²) in [6.45, 7) is 7.08. The average molecular weight is 464 g/mol. The van der Waals surface area contributed by atoms with Crippen LogP contribution < -0.4 is 5.32 Å². The molecule has 2 aliphatic rings. The van der Waals surface area contributed by atoms with Crippen molar-refractivity contribution in [3.05, 3.63) is 16.1 Å². The van der Waals surface area contributed by atoms with Crippen LogP contribution in [0, 0.1) is 12.3 Å². The molecule has 2 saturated heterocycles. The third-order valence-corrected chi connectivity index (χ3v) is 5.93. The molecule has 0 saturated carbocycles.